The second kappa shape index (κ2) is 9.16. The van der Waals surface area contributed by atoms with Crippen LogP contribution in [0, 0.1) is 0 Å². The van der Waals surface area contributed by atoms with Crippen molar-refractivity contribution >= 4 is 28.9 Å². The number of carboxylic acid groups (broad SMARTS) is 1. The van der Waals surface area contributed by atoms with Crippen molar-refractivity contribution < 1.29 is 32.6 Å². The first-order chi connectivity index (χ1) is 11.2. The molecule has 0 heterocycles. The number of hydrogen-bond acceptors (Lipinski definition) is 5. The quantitative estimate of drug-likeness (QED) is 0.350. The summed E-state index contributed by atoms with van der Waals surface area (Å²) >= 11 is 1.06. The van der Waals surface area contributed by atoms with Crippen LogP contribution in [0.5, 0.6) is 0 Å². The van der Waals surface area contributed by atoms with Gasteiger partial charge in [-0.1, -0.05) is 18.2 Å². The predicted molar refractivity (Wildman–Crippen MR) is 82.8 cm³/mol. The number of carbonyl (C=O) groups excluding carboxylic acids is 1. The third kappa shape index (κ3) is 7.36. The molecule has 0 aromatic heterocycles. The van der Waals surface area contributed by atoms with Crippen LogP contribution in [0.4, 0.5) is 18.0 Å². The minimum absolute atomic E-state index is 0.00393. The van der Waals surface area contributed by atoms with Crippen LogP contribution in [0.2, 0.25) is 0 Å². The number of nitrogens with zero attached hydrogens (tertiary/aromatic N) is 1. The molecule has 0 radical (unpaired) electrons. The Hall–Kier alpha value is -2.23. The fourth-order valence-corrected chi connectivity index (χ4v) is 2.50. The number of carbonyl (C=O) groups is 2. The Bertz CT molecular complexity index is 620. The normalized spacial score (nSPS) is 11.9. The van der Waals surface area contributed by atoms with Crippen LogP contribution >= 0.6 is 11.8 Å². The van der Waals surface area contributed by atoms with Crippen molar-refractivity contribution in [1.82, 2.24) is 5.43 Å². The second-order valence-corrected chi connectivity index (χ2v) is 5.64. The van der Waals surface area contributed by atoms with E-state index in [4.69, 9.17) is 5.11 Å². The molecule has 1 aromatic carbocycles. The van der Waals surface area contributed by atoms with Gasteiger partial charge in [0.25, 0.3) is 0 Å². The van der Waals surface area contributed by atoms with Crippen molar-refractivity contribution in [3.8, 4) is 0 Å². The van der Waals surface area contributed by atoms with Gasteiger partial charge in [-0.25, -0.2) is 10.2 Å². The molecule has 6 nitrogen and oxygen atoms in total. The molecule has 1 amide bonds. The number of hydrogen-bond donors (Lipinski definition) is 2. The number of halogens is 3. The summed E-state index contributed by atoms with van der Waals surface area (Å²) in [5.41, 5.74) is 1.33. The van der Waals surface area contributed by atoms with Gasteiger partial charge in [0.2, 0.25) is 0 Å². The molecule has 1 rings (SSSR count). The Morgan fingerprint density at radius 1 is 1.38 bits per heavy atom. The summed E-state index contributed by atoms with van der Waals surface area (Å²) in [6.45, 7) is 0. The van der Waals surface area contributed by atoms with Crippen LogP contribution < -0.4 is 5.43 Å². The van der Waals surface area contributed by atoms with E-state index in [1.54, 1.807) is 0 Å². The first-order valence-corrected chi connectivity index (χ1v) is 7.62. The minimum Gasteiger partial charge on any atom is -0.469 e. The van der Waals surface area contributed by atoms with Crippen LogP contribution in [-0.2, 0) is 22.1 Å². The number of alkyl halides is 3. The smallest absolute Gasteiger partial charge is 0.425 e. The number of ether oxygens (including phenoxy) is 1. The molecule has 10 heteroatoms. The third-order valence-corrected chi connectivity index (χ3v) is 3.67. The first-order valence-electron chi connectivity index (χ1n) is 6.63. The van der Waals surface area contributed by atoms with E-state index in [-0.39, 0.29) is 23.6 Å². The molecule has 0 aliphatic heterocycles. The Morgan fingerprint density at radius 2 is 2.08 bits per heavy atom. The molecule has 0 aliphatic carbocycles. The van der Waals surface area contributed by atoms with Crippen LogP contribution in [0.1, 0.15) is 17.5 Å². The van der Waals surface area contributed by atoms with Crippen molar-refractivity contribution in [2.45, 2.75) is 19.0 Å². The standard InChI is InChI=1S/C14H15F3N2O4S/c1-23-12(20)5-6-24-11(18-19-13(21)22)8-9-3-2-4-10(7-9)14(15,16)17/h2-4,7,19H,5-6,8H2,1H3,(H,21,22)/b18-11-. The molecular formula is C14H15F3N2O4S. The molecular weight excluding hydrogens is 349 g/mol. The Kier molecular flexibility index (Phi) is 7.56. The summed E-state index contributed by atoms with van der Waals surface area (Å²) in [5.74, 6) is -0.196. The highest BCUT2D eigenvalue weighted by Gasteiger charge is 2.30. The Morgan fingerprint density at radius 3 is 2.67 bits per heavy atom. The molecule has 2 N–H and O–H groups in total. The number of nitrogens with one attached hydrogen (secondary N) is 1. The number of methoxy groups -OCH3 is 1. The van der Waals surface area contributed by atoms with Gasteiger partial charge in [0.05, 0.1) is 24.1 Å². The third-order valence-electron chi connectivity index (χ3n) is 2.69. The van der Waals surface area contributed by atoms with E-state index < -0.39 is 23.8 Å². The van der Waals surface area contributed by atoms with Crippen molar-refractivity contribution in [2.24, 2.45) is 5.10 Å². The summed E-state index contributed by atoms with van der Waals surface area (Å²) in [4.78, 5) is 21.6. The van der Waals surface area contributed by atoms with Gasteiger partial charge in [-0.05, 0) is 11.6 Å². The van der Waals surface area contributed by atoms with E-state index >= 15 is 0 Å². The number of amides is 1. The SMILES string of the molecule is COC(=O)CCS/C(Cc1cccc(C(F)(F)F)c1)=N\NC(=O)O. The van der Waals surface area contributed by atoms with E-state index in [2.05, 4.69) is 9.84 Å². The lowest BCUT2D eigenvalue weighted by atomic mass is 10.1. The lowest BCUT2D eigenvalue weighted by molar-refractivity contribution is -0.140. The van der Waals surface area contributed by atoms with Crippen molar-refractivity contribution in [3.05, 3.63) is 35.4 Å². The van der Waals surface area contributed by atoms with Gasteiger partial charge in [-0.15, -0.1) is 11.8 Å². The predicted octanol–water partition coefficient (Wildman–Crippen LogP) is 3.13. The fraction of sp³-hybridized carbons (Fsp3) is 0.357. The lowest BCUT2D eigenvalue weighted by Gasteiger charge is -2.10. The van der Waals surface area contributed by atoms with Crippen LogP contribution in [-0.4, -0.2) is 35.1 Å². The molecule has 132 valence electrons. The van der Waals surface area contributed by atoms with Crippen LogP contribution in [0.3, 0.4) is 0 Å². The van der Waals surface area contributed by atoms with Gasteiger partial charge < -0.3 is 9.84 Å². The van der Waals surface area contributed by atoms with Crippen LogP contribution in [0.25, 0.3) is 0 Å². The maximum atomic E-state index is 12.7. The molecule has 1 aromatic rings. The van der Waals surface area contributed by atoms with Crippen molar-refractivity contribution in [3.63, 3.8) is 0 Å². The summed E-state index contributed by atoms with van der Waals surface area (Å²) < 4.78 is 42.6. The summed E-state index contributed by atoms with van der Waals surface area (Å²) in [7, 11) is 1.23. The number of benzene rings is 1. The Balaban J connectivity index is 2.82. The number of thioether (sulfide) groups is 1. The van der Waals surface area contributed by atoms with Gasteiger partial charge in [0.15, 0.2) is 0 Å². The minimum atomic E-state index is -4.47. The van der Waals surface area contributed by atoms with E-state index in [0.29, 0.717) is 5.56 Å². The summed E-state index contributed by atoms with van der Waals surface area (Å²) in [6, 6.07) is 4.66. The molecule has 24 heavy (non-hydrogen) atoms. The van der Waals surface area contributed by atoms with Crippen molar-refractivity contribution in [2.75, 3.05) is 12.9 Å². The molecule has 0 spiro atoms. The Labute approximate surface area is 140 Å². The molecule has 0 atom stereocenters. The van der Waals surface area contributed by atoms with E-state index in [9.17, 15) is 22.8 Å². The first kappa shape index (κ1) is 19.8. The average Bonchev–Trinajstić information content (AvgIpc) is 2.51. The molecule has 0 saturated heterocycles. The zero-order valence-electron chi connectivity index (χ0n) is 12.6. The monoisotopic (exact) mass is 364 g/mol. The highest BCUT2D eigenvalue weighted by atomic mass is 32.2. The average molecular weight is 364 g/mol. The second-order valence-electron chi connectivity index (χ2n) is 4.47. The van der Waals surface area contributed by atoms with E-state index in [1.165, 1.54) is 19.2 Å². The van der Waals surface area contributed by atoms with E-state index in [1.807, 2.05) is 5.43 Å². The van der Waals surface area contributed by atoms with Gasteiger partial charge in [-0.3, -0.25) is 4.79 Å². The lowest BCUT2D eigenvalue weighted by Crippen LogP contribution is -2.17. The van der Waals surface area contributed by atoms with Gasteiger partial charge in [-0.2, -0.15) is 18.3 Å². The fourth-order valence-electron chi connectivity index (χ4n) is 1.62. The van der Waals surface area contributed by atoms with E-state index in [0.717, 1.165) is 23.9 Å². The largest absolute Gasteiger partial charge is 0.469 e. The molecule has 0 aliphatic rings. The molecule has 0 fully saturated rings. The maximum Gasteiger partial charge on any atom is 0.425 e. The zero-order valence-corrected chi connectivity index (χ0v) is 13.4. The topological polar surface area (TPSA) is 88.0 Å². The summed E-state index contributed by atoms with van der Waals surface area (Å²) in [6.07, 6.45) is -5.80. The zero-order chi connectivity index (χ0) is 18.2. The molecule has 0 saturated carbocycles. The molecule has 0 bridgehead atoms. The summed E-state index contributed by atoms with van der Waals surface area (Å²) in [5, 5.41) is 12.4. The van der Waals surface area contributed by atoms with Crippen LogP contribution in [0.15, 0.2) is 29.4 Å². The highest BCUT2D eigenvalue weighted by molar-refractivity contribution is 8.13. The maximum absolute atomic E-state index is 12.7. The highest BCUT2D eigenvalue weighted by Crippen LogP contribution is 2.29. The number of esters is 1. The number of rotatable bonds is 6. The van der Waals surface area contributed by atoms with Crippen molar-refractivity contribution in [1.29, 1.82) is 0 Å². The molecule has 0 unspecified atom stereocenters. The van der Waals surface area contributed by atoms with Gasteiger partial charge in [0.1, 0.15) is 0 Å². The van der Waals surface area contributed by atoms with Gasteiger partial charge in [0, 0.05) is 12.2 Å². The number of hydrazone groups is 1. The van der Waals surface area contributed by atoms with Gasteiger partial charge >= 0.3 is 18.2 Å².